The number of nitrogens with zero attached hydrogens (tertiary/aromatic N) is 2. The second-order valence-corrected chi connectivity index (χ2v) is 5.39. The van der Waals surface area contributed by atoms with Crippen LogP contribution in [0.2, 0.25) is 0 Å². The minimum atomic E-state index is -0.882. The van der Waals surface area contributed by atoms with Crippen LogP contribution in [0, 0.1) is 45.8 Å². The topological polar surface area (TPSA) is 93.8 Å². The van der Waals surface area contributed by atoms with Gasteiger partial charge in [-0.05, 0) is 18.8 Å². The predicted octanol–water partition coefficient (Wildman–Crippen LogP) is 1.12. The first-order chi connectivity index (χ1) is 8.55. The van der Waals surface area contributed by atoms with Crippen molar-refractivity contribution in [2.45, 2.75) is 32.6 Å². The van der Waals surface area contributed by atoms with Crippen LogP contribution < -0.4 is 5.32 Å². The second kappa shape index (κ2) is 4.42. The highest BCUT2D eigenvalue weighted by Crippen LogP contribution is 2.51. The van der Waals surface area contributed by atoms with Crippen molar-refractivity contribution in [2.75, 3.05) is 0 Å². The molecule has 2 aliphatic rings. The number of hydrogen-bond acceptors (Lipinski definition) is 4. The van der Waals surface area contributed by atoms with Gasteiger partial charge in [-0.3, -0.25) is 14.9 Å². The third-order valence-corrected chi connectivity index (χ3v) is 4.38. The highest BCUT2D eigenvalue weighted by Gasteiger charge is 2.56. The molecule has 0 aromatic rings. The summed E-state index contributed by atoms with van der Waals surface area (Å²) in [4.78, 5) is 23.6. The molecule has 0 aromatic carbocycles. The van der Waals surface area contributed by atoms with Gasteiger partial charge in [0.1, 0.15) is 11.8 Å². The van der Waals surface area contributed by atoms with Gasteiger partial charge in [0.25, 0.3) is 0 Å². The molecule has 5 heteroatoms. The quantitative estimate of drug-likeness (QED) is 0.647. The summed E-state index contributed by atoms with van der Waals surface area (Å²) in [6.45, 7) is 2.11. The third-order valence-electron chi connectivity index (χ3n) is 4.38. The third kappa shape index (κ3) is 1.67. The molecule has 5 nitrogen and oxygen atoms in total. The molecule has 2 atom stereocenters. The molecule has 0 bridgehead atoms. The summed E-state index contributed by atoms with van der Waals surface area (Å²) in [5.74, 6) is -2.32. The Morgan fingerprint density at radius 1 is 1.11 bits per heavy atom. The summed E-state index contributed by atoms with van der Waals surface area (Å²) < 4.78 is 0. The van der Waals surface area contributed by atoms with Crippen LogP contribution in [0.15, 0.2) is 0 Å². The number of carbonyl (C=O) groups excluding carboxylic acids is 2. The first-order valence-corrected chi connectivity index (χ1v) is 6.19. The number of amides is 2. The maximum atomic E-state index is 11.8. The van der Waals surface area contributed by atoms with E-state index in [1.54, 1.807) is 0 Å². The van der Waals surface area contributed by atoms with Gasteiger partial charge in [0, 0.05) is 5.41 Å². The SMILES string of the molecule is CC1CCC2(CC1)C(C#N)C(=O)NC(=O)C2C#N. The molecule has 2 rings (SSSR count). The minimum Gasteiger partial charge on any atom is -0.294 e. The standard InChI is InChI=1S/C13H15N3O2/c1-8-2-4-13(5-3-8)9(6-14)11(17)16-12(18)10(13)7-15/h8-10H,2-5H2,1H3,(H,16,17,18). The zero-order valence-corrected chi connectivity index (χ0v) is 10.3. The summed E-state index contributed by atoms with van der Waals surface area (Å²) in [6.07, 6.45) is 2.92. The Hall–Kier alpha value is -1.88. The first-order valence-electron chi connectivity index (χ1n) is 6.19. The smallest absolute Gasteiger partial charge is 0.244 e. The van der Waals surface area contributed by atoms with Crippen molar-refractivity contribution in [1.82, 2.24) is 5.32 Å². The number of rotatable bonds is 0. The molecule has 2 amide bonds. The van der Waals surface area contributed by atoms with Gasteiger partial charge in [-0.1, -0.05) is 19.8 Å². The van der Waals surface area contributed by atoms with E-state index >= 15 is 0 Å². The molecule has 18 heavy (non-hydrogen) atoms. The van der Waals surface area contributed by atoms with Gasteiger partial charge in [-0.15, -0.1) is 0 Å². The highest BCUT2D eigenvalue weighted by molar-refractivity contribution is 6.03. The van der Waals surface area contributed by atoms with Crippen molar-refractivity contribution in [2.24, 2.45) is 23.2 Å². The van der Waals surface area contributed by atoms with Crippen molar-refractivity contribution >= 4 is 11.8 Å². The lowest BCUT2D eigenvalue weighted by atomic mass is 9.56. The Labute approximate surface area is 106 Å². The van der Waals surface area contributed by atoms with Crippen LogP contribution in [0.25, 0.3) is 0 Å². The lowest BCUT2D eigenvalue weighted by Crippen LogP contribution is -2.58. The summed E-state index contributed by atoms with van der Waals surface area (Å²) in [5.41, 5.74) is -0.768. The first kappa shape index (κ1) is 12.6. The van der Waals surface area contributed by atoms with Crippen molar-refractivity contribution in [3.63, 3.8) is 0 Å². The van der Waals surface area contributed by atoms with Crippen molar-refractivity contribution in [3.05, 3.63) is 0 Å². The van der Waals surface area contributed by atoms with Crippen molar-refractivity contribution in [1.29, 1.82) is 10.5 Å². The molecule has 1 aliphatic heterocycles. The second-order valence-electron chi connectivity index (χ2n) is 5.39. The van der Waals surface area contributed by atoms with Crippen molar-refractivity contribution in [3.8, 4) is 12.1 Å². The summed E-state index contributed by atoms with van der Waals surface area (Å²) >= 11 is 0. The minimum absolute atomic E-state index is 0.523. The van der Waals surface area contributed by atoms with E-state index in [1.165, 1.54) is 0 Å². The monoisotopic (exact) mass is 245 g/mol. The van der Waals surface area contributed by atoms with Crippen LogP contribution in [0.5, 0.6) is 0 Å². The van der Waals surface area contributed by atoms with E-state index in [4.69, 9.17) is 0 Å². The van der Waals surface area contributed by atoms with Crippen LogP contribution in [0.1, 0.15) is 32.6 Å². The number of piperidine rings is 1. The Morgan fingerprint density at radius 3 is 1.94 bits per heavy atom. The van der Waals surface area contributed by atoms with Crippen LogP contribution >= 0.6 is 0 Å². The fraction of sp³-hybridized carbons (Fsp3) is 0.692. The zero-order chi connectivity index (χ0) is 13.3. The fourth-order valence-corrected chi connectivity index (χ4v) is 3.21. The fourth-order valence-electron chi connectivity index (χ4n) is 3.21. The maximum absolute atomic E-state index is 11.8. The number of nitriles is 2. The van der Waals surface area contributed by atoms with Gasteiger partial charge in [0.2, 0.25) is 11.8 Å². The summed E-state index contributed by atoms with van der Waals surface area (Å²) in [6, 6.07) is 4.00. The van der Waals surface area contributed by atoms with E-state index in [-0.39, 0.29) is 0 Å². The van der Waals surface area contributed by atoms with Gasteiger partial charge in [0.15, 0.2) is 0 Å². The Bertz CT molecular complexity index is 430. The molecule has 1 heterocycles. The van der Waals surface area contributed by atoms with Crippen LogP contribution in [0.4, 0.5) is 0 Å². The lowest BCUT2D eigenvalue weighted by Gasteiger charge is -2.46. The highest BCUT2D eigenvalue weighted by atomic mass is 16.2. The molecule has 94 valence electrons. The zero-order valence-electron chi connectivity index (χ0n) is 10.3. The average Bonchev–Trinajstić information content (AvgIpc) is 2.33. The Kier molecular flexibility index (Phi) is 3.09. The number of hydrogen-bond donors (Lipinski definition) is 1. The molecule has 1 N–H and O–H groups in total. The van der Waals surface area contributed by atoms with Crippen LogP contribution in [0.3, 0.4) is 0 Å². The molecule has 1 spiro atoms. The molecule has 0 aromatic heterocycles. The summed E-state index contributed by atoms with van der Waals surface area (Å²) in [7, 11) is 0. The maximum Gasteiger partial charge on any atom is 0.244 e. The van der Waals surface area contributed by atoms with Gasteiger partial charge < -0.3 is 0 Å². The van der Waals surface area contributed by atoms with Crippen LogP contribution in [-0.4, -0.2) is 11.8 Å². The van der Waals surface area contributed by atoms with E-state index in [2.05, 4.69) is 12.2 Å². The van der Waals surface area contributed by atoms with Gasteiger partial charge in [-0.2, -0.15) is 10.5 Å². The van der Waals surface area contributed by atoms with E-state index in [9.17, 15) is 20.1 Å². The van der Waals surface area contributed by atoms with Gasteiger partial charge in [0.05, 0.1) is 12.1 Å². The largest absolute Gasteiger partial charge is 0.294 e. The van der Waals surface area contributed by atoms with Crippen molar-refractivity contribution < 1.29 is 9.59 Å². The summed E-state index contributed by atoms with van der Waals surface area (Å²) in [5, 5.41) is 20.6. The van der Waals surface area contributed by atoms with Crippen LogP contribution in [-0.2, 0) is 9.59 Å². The van der Waals surface area contributed by atoms with Gasteiger partial charge >= 0.3 is 0 Å². The molecular weight excluding hydrogens is 230 g/mol. The normalized spacial score (nSPS) is 39.8. The van der Waals surface area contributed by atoms with E-state index in [1.807, 2.05) is 12.1 Å². The van der Waals surface area contributed by atoms with Gasteiger partial charge in [-0.25, -0.2) is 0 Å². The molecule has 0 radical (unpaired) electrons. The molecule has 1 saturated carbocycles. The average molecular weight is 245 g/mol. The number of nitrogens with one attached hydrogen (secondary N) is 1. The number of carbonyl (C=O) groups is 2. The molecule has 1 aliphatic carbocycles. The molecule has 1 saturated heterocycles. The predicted molar refractivity (Wildman–Crippen MR) is 61.4 cm³/mol. The number of imide groups is 1. The molecule has 2 fully saturated rings. The molecule has 2 unspecified atom stereocenters. The molecular formula is C13H15N3O2. The van der Waals surface area contributed by atoms with E-state index < -0.39 is 29.1 Å². The van der Waals surface area contributed by atoms with E-state index in [0.29, 0.717) is 18.8 Å². The Morgan fingerprint density at radius 2 is 1.56 bits per heavy atom. The Balaban J connectivity index is 2.43. The lowest BCUT2D eigenvalue weighted by molar-refractivity contribution is -0.147. The van der Waals surface area contributed by atoms with E-state index in [0.717, 1.165) is 12.8 Å².